The summed E-state index contributed by atoms with van der Waals surface area (Å²) in [6, 6.07) is 18.8. The highest BCUT2D eigenvalue weighted by atomic mass is 19.1. The SMILES string of the molecule is O[C@@H](CN(Cc1ccccc1)C[C@H](O)[C@@H]1CCc2cc(F)ccc2O1)[C@@H]1CCc2cc(F)ccc2O1. The second-order valence-electron chi connectivity index (χ2n) is 9.71. The first-order valence-electron chi connectivity index (χ1n) is 12.5. The van der Waals surface area contributed by atoms with Gasteiger partial charge in [-0.3, -0.25) is 4.90 Å². The summed E-state index contributed by atoms with van der Waals surface area (Å²) in [6.07, 6.45) is -0.0167. The number of fused-ring (bicyclic) bond motifs is 2. The van der Waals surface area contributed by atoms with E-state index in [9.17, 15) is 19.0 Å². The number of halogens is 2. The van der Waals surface area contributed by atoms with Crippen molar-refractivity contribution in [2.75, 3.05) is 13.1 Å². The Hall–Kier alpha value is -3.00. The first kappa shape index (κ1) is 24.7. The third kappa shape index (κ3) is 5.86. The summed E-state index contributed by atoms with van der Waals surface area (Å²) in [5.41, 5.74) is 2.68. The molecule has 2 aliphatic heterocycles. The molecule has 2 heterocycles. The summed E-state index contributed by atoms with van der Waals surface area (Å²) in [5, 5.41) is 22.2. The van der Waals surface area contributed by atoms with Gasteiger partial charge in [-0.1, -0.05) is 30.3 Å². The van der Waals surface area contributed by atoms with E-state index in [4.69, 9.17) is 9.47 Å². The average Bonchev–Trinajstić information content (AvgIpc) is 2.88. The molecule has 4 atom stereocenters. The molecule has 7 heteroatoms. The minimum atomic E-state index is -0.796. The standard InChI is InChI=1S/C29H31F2NO4/c30-22-8-12-26-20(14-22)6-10-28(35-26)24(33)17-32(16-19-4-2-1-3-5-19)18-25(34)29-11-7-21-15-23(31)9-13-27(21)36-29/h1-5,8-9,12-15,24-25,28-29,33-34H,6-7,10-11,16-18H2/t24-,25-,28-,29-/m0/s1. The topological polar surface area (TPSA) is 62.2 Å². The minimum Gasteiger partial charge on any atom is -0.487 e. The second kappa shape index (κ2) is 10.9. The monoisotopic (exact) mass is 495 g/mol. The maximum Gasteiger partial charge on any atom is 0.126 e. The van der Waals surface area contributed by atoms with E-state index < -0.39 is 24.4 Å². The van der Waals surface area contributed by atoms with E-state index in [-0.39, 0.29) is 11.6 Å². The van der Waals surface area contributed by atoms with Crippen LogP contribution >= 0.6 is 0 Å². The molecule has 0 spiro atoms. The van der Waals surface area contributed by atoms with E-state index in [1.165, 1.54) is 24.3 Å². The van der Waals surface area contributed by atoms with E-state index in [0.717, 1.165) is 16.7 Å². The van der Waals surface area contributed by atoms with Crippen molar-refractivity contribution in [1.29, 1.82) is 0 Å². The Morgan fingerprint density at radius 2 is 1.25 bits per heavy atom. The van der Waals surface area contributed by atoms with Gasteiger partial charge in [0.05, 0.1) is 0 Å². The molecule has 0 saturated heterocycles. The van der Waals surface area contributed by atoms with Crippen LogP contribution in [0.2, 0.25) is 0 Å². The molecule has 0 aromatic heterocycles. The molecule has 0 saturated carbocycles. The third-order valence-electron chi connectivity index (χ3n) is 7.00. The Morgan fingerprint density at radius 1 is 0.750 bits per heavy atom. The van der Waals surface area contributed by atoms with Crippen molar-refractivity contribution < 1.29 is 28.5 Å². The van der Waals surface area contributed by atoms with Gasteiger partial charge in [-0.25, -0.2) is 8.78 Å². The van der Waals surface area contributed by atoms with Crippen molar-refractivity contribution in [1.82, 2.24) is 4.90 Å². The van der Waals surface area contributed by atoms with Crippen LogP contribution in [0, 0.1) is 11.6 Å². The van der Waals surface area contributed by atoms with Crippen LogP contribution in [0.25, 0.3) is 0 Å². The summed E-state index contributed by atoms with van der Waals surface area (Å²) >= 11 is 0. The predicted molar refractivity (Wildman–Crippen MR) is 132 cm³/mol. The largest absolute Gasteiger partial charge is 0.487 e. The van der Waals surface area contributed by atoms with E-state index >= 15 is 0 Å². The molecule has 0 fully saturated rings. The highest BCUT2D eigenvalue weighted by Gasteiger charge is 2.32. The van der Waals surface area contributed by atoms with Crippen LogP contribution in [0.1, 0.15) is 29.5 Å². The van der Waals surface area contributed by atoms with Gasteiger partial charge >= 0.3 is 0 Å². The van der Waals surface area contributed by atoms with E-state index in [2.05, 4.69) is 0 Å². The zero-order valence-corrected chi connectivity index (χ0v) is 20.0. The molecule has 190 valence electrons. The fourth-order valence-corrected chi connectivity index (χ4v) is 5.11. The smallest absolute Gasteiger partial charge is 0.126 e. The van der Waals surface area contributed by atoms with Crippen LogP contribution < -0.4 is 9.47 Å². The predicted octanol–water partition coefficient (Wildman–Crippen LogP) is 4.28. The summed E-state index contributed by atoms with van der Waals surface area (Å²) < 4.78 is 39.1. The molecule has 0 aliphatic carbocycles. The van der Waals surface area contributed by atoms with E-state index in [1.54, 1.807) is 12.1 Å². The van der Waals surface area contributed by atoms with Gasteiger partial charge in [0, 0.05) is 19.6 Å². The fraction of sp³-hybridized carbons (Fsp3) is 0.379. The lowest BCUT2D eigenvalue weighted by Crippen LogP contribution is -2.48. The average molecular weight is 496 g/mol. The van der Waals surface area contributed by atoms with Crippen molar-refractivity contribution in [2.45, 2.75) is 56.6 Å². The summed E-state index contributed by atoms with van der Waals surface area (Å²) in [4.78, 5) is 2.01. The molecule has 3 aromatic carbocycles. The van der Waals surface area contributed by atoms with Crippen molar-refractivity contribution in [3.63, 3.8) is 0 Å². The molecular formula is C29H31F2NO4. The summed E-state index contributed by atoms with van der Waals surface area (Å²) in [5.74, 6) is 0.619. The fourth-order valence-electron chi connectivity index (χ4n) is 5.11. The maximum absolute atomic E-state index is 13.5. The Labute approximate surface area is 209 Å². The molecular weight excluding hydrogens is 464 g/mol. The lowest BCUT2D eigenvalue weighted by atomic mass is 9.97. The van der Waals surface area contributed by atoms with Crippen LogP contribution in [0.3, 0.4) is 0 Å². The van der Waals surface area contributed by atoms with Crippen molar-refractivity contribution >= 4 is 0 Å². The quantitative estimate of drug-likeness (QED) is 0.489. The summed E-state index contributed by atoms with van der Waals surface area (Å²) in [6.45, 7) is 1.13. The van der Waals surface area contributed by atoms with E-state index in [0.29, 0.717) is 56.8 Å². The van der Waals surface area contributed by atoms with Crippen LogP contribution in [0.4, 0.5) is 8.78 Å². The summed E-state index contributed by atoms with van der Waals surface area (Å²) in [7, 11) is 0. The lowest BCUT2D eigenvalue weighted by Gasteiger charge is -2.35. The number of hydrogen-bond acceptors (Lipinski definition) is 5. The van der Waals surface area contributed by atoms with Gasteiger partial charge in [0.1, 0.15) is 47.5 Å². The number of aliphatic hydroxyl groups excluding tert-OH is 2. The highest BCUT2D eigenvalue weighted by Crippen LogP contribution is 2.31. The second-order valence-corrected chi connectivity index (χ2v) is 9.71. The molecule has 0 amide bonds. The van der Waals surface area contributed by atoms with Crippen LogP contribution in [-0.2, 0) is 19.4 Å². The number of aliphatic hydroxyl groups is 2. The van der Waals surface area contributed by atoms with Gasteiger partial charge in [0.2, 0.25) is 0 Å². The van der Waals surface area contributed by atoms with Gasteiger partial charge in [0.25, 0.3) is 0 Å². The number of nitrogens with zero attached hydrogens (tertiary/aromatic N) is 1. The van der Waals surface area contributed by atoms with Gasteiger partial charge in [-0.15, -0.1) is 0 Å². The number of rotatable bonds is 8. The van der Waals surface area contributed by atoms with Gasteiger partial charge in [-0.05, 0) is 78.8 Å². The Kier molecular flexibility index (Phi) is 7.51. The van der Waals surface area contributed by atoms with Gasteiger partial charge in [0.15, 0.2) is 0 Å². The molecule has 5 nitrogen and oxygen atoms in total. The minimum absolute atomic E-state index is 0.293. The van der Waals surface area contributed by atoms with Gasteiger partial charge < -0.3 is 19.7 Å². The third-order valence-corrected chi connectivity index (χ3v) is 7.00. The van der Waals surface area contributed by atoms with Crippen molar-refractivity contribution in [3.8, 4) is 11.5 Å². The number of benzene rings is 3. The first-order valence-corrected chi connectivity index (χ1v) is 12.5. The molecule has 3 aromatic rings. The van der Waals surface area contributed by atoms with Crippen molar-refractivity contribution in [2.24, 2.45) is 0 Å². The molecule has 0 radical (unpaired) electrons. The highest BCUT2D eigenvalue weighted by molar-refractivity contribution is 5.37. The van der Waals surface area contributed by atoms with Crippen molar-refractivity contribution in [3.05, 3.63) is 95.1 Å². The molecule has 5 rings (SSSR count). The van der Waals surface area contributed by atoms with Crippen LogP contribution in [0.5, 0.6) is 11.5 Å². The zero-order valence-electron chi connectivity index (χ0n) is 20.0. The number of aryl methyl sites for hydroxylation is 2. The lowest BCUT2D eigenvalue weighted by molar-refractivity contribution is -0.0295. The maximum atomic E-state index is 13.5. The van der Waals surface area contributed by atoms with Crippen LogP contribution in [-0.4, -0.2) is 52.6 Å². The first-order chi connectivity index (χ1) is 17.4. The normalized spacial score (nSPS) is 20.6. The Balaban J connectivity index is 1.26. The molecule has 2 aliphatic rings. The Morgan fingerprint density at radius 3 is 1.75 bits per heavy atom. The van der Waals surface area contributed by atoms with Crippen LogP contribution in [0.15, 0.2) is 66.7 Å². The van der Waals surface area contributed by atoms with E-state index in [1.807, 2.05) is 35.2 Å². The zero-order chi connectivity index (χ0) is 25.1. The number of hydrogen-bond donors (Lipinski definition) is 2. The number of ether oxygens (including phenoxy) is 2. The molecule has 36 heavy (non-hydrogen) atoms. The molecule has 0 bridgehead atoms. The van der Waals surface area contributed by atoms with Gasteiger partial charge in [-0.2, -0.15) is 0 Å². The molecule has 0 unspecified atom stereocenters. The Bertz CT molecular complexity index is 1100. The molecule has 2 N–H and O–H groups in total.